The number of nitrogens with zero attached hydrogens (tertiary/aromatic N) is 5. The van der Waals surface area contributed by atoms with E-state index in [9.17, 15) is 9.59 Å². The molecule has 1 N–H and O–H groups in total. The second-order valence-corrected chi connectivity index (χ2v) is 7.27. The molecule has 1 aliphatic heterocycles. The summed E-state index contributed by atoms with van der Waals surface area (Å²) in [5, 5.41) is 11.9. The van der Waals surface area contributed by atoms with Gasteiger partial charge in [0.1, 0.15) is 5.76 Å². The summed E-state index contributed by atoms with van der Waals surface area (Å²) in [6, 6.07) is 8.62. The van der Waals surface area contributed by atoms with Crippen molar-refractivity contribution in [1.29, 1.82) is 0 Å². The lowest BCUT2D eigenvalue weighted by Crippen LogP contribution is -2.45. The van der Waals surface area contributed by atoms with Crippen LogP contribution in [0.2, 0.25) is 0 Å². The molecule has 1 saturated heterocycles. The average Bonchev–Trinajstić information content (AvgIpc) is 3.36. The molecule has 0 spiro atoms. The van der Waals surface area contributed by atoms with Gasteiger partial charge in [0.2, 0.25) is 0 Å². The molecule has 4 heterocycles. The Morgan fingerprint density at radius 1 is 1.21 bits per heavy atom. The topological polar surface area (TPSA) is 98.2 Å². The number of carbonyl (C=O) groups excluding carboxylic acids is 1. The number of nitrogens with one attached hydrogen (secondary N) is 1. The Morgan fingerprint density at radius 3 is 2.66 bits per heavy atom. The summed E-state index contributed by atoms with van der Waals surface area (Å²) < 4.78 is 8.50. The summed E-state index contributed by atoms with van der Waals surface area (Å²) in [7, 11) is 0. The van der Waals surface area contributed by atoms with E-state index >= 15 is 0 Å². The lowest BCUT2D eigenvalue weighted by molar-refractivity contribution is 0.166. The van der Waals surface area contributed by atoms with Gasteiger partial charge in [-0.25, -0.2) is 14.2 Å². The number of hydrogen-bond acceptors (Lipinski definition) is 5. The monoisotopic (exact) mass is 396 g/mol. The predicted molar refractivity (Wildman–Crippen MR) is 106 cm³/mol. The van der Waals surface area contributed by atoms with E-state index in [0.717, 1.165) is 11.4 Å². The third-order valence-electron chi connectivity index (χ3n) is 5.13. The average molecular weight is 396 g/mol. The highest BCUT2D eigenvalue weighted by Crippen LogP contribution is 2.21. The molecule has 0 bridgehead atoms. The molecule has 3 aromatic rings. The van der Waals surface area contributed by atoms with Crippen LogP contribution in [0.25, 0.3) is 5.82 Å². The molecule has 3 aromatic heterocycles. The fourth-order valence-corrected chi connectivity index (χ4v) is 3.65. The second kappa shape index (κ2) is 7.94. The molecule has 152 valence electrons. The molecule has 4 rings (SSSR count). The first-order valence-corrected chi connectivity index (χ1v) is 9.70. The number of rotatable bonds is 4. The first-order valence-electron chi connectivity index (χ1n) is 9.70. The van der Waals surface area contributed by atoms with Crippen LogP contribution in [0.1, 0.15) is 36.0 Å². The molecule has 29 heavy (non-hydrogen) atoms. The Hall–Kier alpha value is -3.36. The molecular formula is C20H24N6O3. The summed E-state index contributed by atoms with van der Waals surface area (Å²) in [6.45, 7) is 5.36. The van der Waals surface area contributed by atoms with Gasteiger partial charge in [0.15, 0.2) is 5.82 Å². The molecule has 0 aliphatic carbocycles. The number of aromatic nitrogens is 4. The minimum absolute atomic E-state index is 0.0476. The van der Waals surface area contributed by atoms with Gasteiger partial charge in [0.05, 0.1) is 24.5 Å². The second-order valence-electron chi connectivity index (χ2n) is 7.27. The molecule has 9 heteroatoms. The minimum Gasteiger partial charge on any atom is -0.467 e. The van der Waals surface area contributed by atoms with Crippen molar-refractivity contribution in [2.45, 2.75) is 39.3 Å². The molecule has 9 nitrogen and oxygen atoms in total. The van der Waals surface area contributed by atoms with Gasteiger partial charge < -0.3 is 14.6 Å². The predicted octanol–water partition coefficient (Wildman–Crippen LogP) is 2.19. The number of hydrogen-bond donors (Lipinski definition) is 1. The van der Waals surface area contributed by atoms with E-state index < -0.39 is 0 Å². The van der Waals surface area contributed by atoms with Gasteiger partial charge in [-0.3, -0.25) is 4.79 Å². The number of furan rings is 1. The van der Waals surface area contributed by atoms with Crippen LogP contribution in [0.3, 0.4) is 0 Å². The number of amides is 2. The summed E-state index contributed by atoms with van der Waals surface area (Å²) in [4.78, 5) is 26.5. The van der Waals surface area contributed by atoms with Crippen LogP contribution in [0.15, 0.2) is 45.8 Å². The van der Waals surface area contributed by atoms with E-state index in [1.807, 2.05) is 26.0 Å². The molecular weight excluding hydrogens is 372 g/mol. The third kappa shape index (κ3) is 4.08. The van der Waals surface area contributed by atoms with Gasteiger partial charge in [-0.1, -0.05) is 0 Å². The fourth-order valence-electron chi connectivity index (χ4n) is 3.65. The van der Waals surface area contributed by atoms with Crippen molar-refractivity contribution in [3.05, 3.63) is 64.1 Å². The Morgan fingerprint density at radius 2 is 2.00 bits per heavy atom. The Balaban J connectivity index is 1.41. The molecule has 2 amide bonds. The van der Waals surface area contributed by atoms with Crippen molar-refractivity contribution in [1.82, 2.24) is 29.8 Å². The van der Waals surface area contributed by atoms with Gasteiger partial charge in [-0.05, 0) is 51.0 Å². The van der Waals surface area contributed by atoms with E-state index in [1.165, 1.54) is 10.7 Å². The fraction of sp³-hybridized carbons (Fsp3) is 0.400. The van der Waals surface area contributed by atoms with Crippen molar-refractivity contribution >= 4 is 6.03 Å². The summed E-state index contributed by atoms with van der Waals surface area (Å²) in [5.41, 5.74) is 1.72. The van der Waals surface area contributed by atoms with Gasteiger partial charge in [0.25, 0.3) is 5.56 Å². The van der Waals surface area contributed by atoms with E-state index in [1.54, 1.807) is 28.0 Å². The van der Waals surface area contributed by atoms with Crippen LogP contribution < -0.4 is 10.9 Å². The number of carbonyl (C=O) groups is 1. The zero-order valence-corrected chi connectivity index (χ0v) is 16.5. The standard InChI is InChI=1S/C20H24N6O3/c1-14-12-15(2)25(22-14)18-5-6-19(27)26(23-18)16-7-9-24(10-8-16)20(28)21-13-17-4-3-11-29-17/h3-6,11-12,16H,7-10,13H2,1-2H3,(H,21,28). The maximum Gasteiger partial charge on any atom is 0.317 e. The largest absolute Gasteiger partial charge is 0.467 e. The number of aryl methyl sites for hydroxylation is 2. The van der Waals surface area contributed by atoms with Crippen LogP contribution in [0.5, 0.6) is 0 Å². The van der Waals surface area contributed by atoms with Crippen LogP contribution in [0, 0.1) is 13.8 Å². The molecule has 1 fully saturated rings. The van der Waals surface area contributed by atoms with E-state index in [-0.39, 0.29) is 17.6 Å². The molecule has 0 atom stereocenters. The van der Waals surface area contributed by atoms with Crippen molar-refractivity contribution in [2.24, 2.45) is 0 Å². The van der Waals surface area contributed by atoms with Crippen molar-refractivity contribution < 1.29 is 9.21 Å². The first kappa shape index (κ1) is 19.0. The quantitative estimate of drug-likeness (QED) is 0.729. The Labute approximate surface area is 167 Å². The van der Waals surface area contributed by atoms with Gasteiger partial charge in [-0.2, -0.15) is 5.10 Å². The van der Waals surface area contributed by atoms with Gasteiger partial charge in [-0.15, -0.1) is 5.10 Å². The zero-order valence-electron chi connectivity index (χ0n) is 16.5. The Kier molecular flexibility index (Phi) is 5.20. The van der Waals surface area contributed by atoms with Crippen LogP contribution in [0.4, 0.5) is 4.79 Å². The van der Waals surface area contributed by atoms with Crippen LogP contribution in [-0.2, 0) is 6.54 Å². The molecule has 1 aliphatic rings. The first-order chi connectivity index (χ1) is 14.0. The highest BCUT2D eigenvalue weighted by Gasteiger charge is 2.25. The van der Waals surface area contributed by atoms with Crippen molar-refractivity contribution in [3.63, 3.8) is 0 Å². The lowest BCUT2D eigenvalue weighted by atomic mass is 10.1. The van der Waals surface area contributed by atoms with Gasteiger partial charge >= 0.3 is 6.03 Å². The normalized spacial score (nSPS) is 14.9. The summed E-state index contributed by atoms with van der Waals surface area (Å²) in [5.74, 6) is 1.33. The van der Waals surface area contributed by atoms with Crippen molar-refractivity contribution in [3.8, 4) is 5.82 Å². The number of piperidine rings is 1. The van der Waals surface area contributed by atoms with Crippen LogP contribution >= 0.6 is 0 Å². The molecule has 0 unspecified atom stereocenters. The maximum atomic E-state index is 12.4. The van der Waals surface area contributed by atoms with Gasteiger partial charge in [0, 0.05) is 24.8 Å². The van der Waals surface area contributed by atoms with Crippen molar-refractivity contribution in [2.75, 3.05) is 13.1 Å². The number of likely N-dealkylation sites (tertiary alicyclic amines) is 1. The Bertz CT molecular complexity index is 1040. The summed E-state index contributed by atoms with van der Waals surface area (Å²) in [6.07, 6.45) is 2.92. The molecule has 0 radical (unpaired) electrons. The third-order valence-corrected chi connectivity index (χ3v) is 5.13. The van der Waals surface area contributed by atoms with Crippen LogP contribution in [-0.4, -0.2) is 43.6 Å². The van der Waals surface area contributed by atoms with E-state index in [4.69, 9.17) is 4.42 Å². The zero-order chi connectivity index (χ0) is 20.4. The smallest absolute Gasteiger partial charge is 0.317 e. The molecule has 0 aromatic carbocycles. The lowest BCUT2D eigenvalue weighted by Gasteiger charge is -2.32. The summed E-state index contributed by atoms with van der Waals surface area (Å²) >= 11 is 0. The highest BCUT2D eigenvalue weighted by atomic mass is 16.3. The SMILES string of the molecule is Cc1cc(C)n(-c2ccc(=O)n(C3CCN(C(=O)NCc4ccco4)CC3)n2)n1. The maximum absolute atomic E-state index is 12.4. The minimum atomic E-state index is -0.143. The molecule has 0 saturated carbocycles. The highest BCUT2D eigenvalue weighted by molar-refractivity contribution is 5.74. The van der Waals surface area contributed by atoms with E-state index in [2.05, 4.69) is 15.5 Å². The number of urea groups is 1. The van der Waals surface area contributed by atoms with E-state index in [0.29, 0.717) is 44.1 Å².